The highest BCUT2D eigenvalue weighted by molar-refractivity contribution is 6.32. The number of methoxy groups -OCH3 is 2. The van der Waals surface area contributed by atoms with Gasteiger partial charge in [0.2, 0.25) is 0 Å². The molecule has 0 fully saturated rings. The fourth-order valence-electron chi connectivity index (χ4n) is 4.72. The molecule has 0 saturated carbocycles. The van der Waals surface area contributed by atoms with Gasteiger partial charge in [0.1, 0.15) is 22.5 Å². The van der Waals surface area contributed by atoms with Gasteiger partial charge in [-0.05, 0) is 30.0 Å². The second kappa shape index (κ2) is 9.55. The van der Waals surface area contributed by atoms with Crippen molar-refractivity contribution in [1.82, 2.24) is 15.4 Å². The Hall–Kier alpha value is -4.03. The number of Topliss-reactive ketones (excluding diaryl/α,β-unsaturated/α-hetero) is 1. The lowest BCUT2D eigenvalue weighted by Gasteiger charge is -2.43. The van der Waals surface area contributed by atoms with Crippen molar-refractivity contribution in [3.05, 3.63) is 75.5 Å². The molecule has 1 aromatic heterocycles. The summed E-state index contributed by atoms with van der Waals surface area (Å²) in [4.78, 5) is 30.7. The summed E-state index contributed by atoms with van der Waals surface area (Å²) in [5.74, 6) is -0.458. The molecule has 1 aliphatic heterocycles. The van der Waals surface area contributed by atoms with Crippen LogP contribution in [-0.4, -0.2) is 35.9 Å². The van der Waals surface area contributed by atoms with Gasteiger partial charge in [0.15, 0.2) is 5.78 Å². The third kappa shape index (κ3) is 4.36. The maximum absolute atomic E-state index is 13.6. The number of carbonyl (C=O) groups is 2. The summed E-state index contributed by atoms with van der Waals surface area (Å²) >= 11 is 6.12. The number of hydrazine groups is 1. The molecule has 1 aromatic carbocycles. The van der Waals surface area contributed by atoms with Crippen LogP contribution in [0.25, 0.3) is 0 Å². The van der Waals surface area contributed by atoms with Crippen LogP contribution < -0.4 is 20.6 Å². The molecule has 1 atom stereocenters. The topological polar surface area (TPSA) is 131 Å². The van der Waals surface area contributed by atoms with Gasteiger partial charge < -0.3 is 15.2 Å². The van der Waals surface area contributed by atoms with Crippen LogP contribution in [0.15, 0.2) is 59.2 Å². The van der Waals surface area contributed by atoms with Crippen LogP contribution in [0.1, 0.15) is 48.5 Å². The molecule has 2 heterocycles. The summed E-state index contributed by atoms with van der Waals surface area (Å²) in [6.45, 7) is 3.94. The van der Waals surface area contributed by atoms with Gasteiger partial charge in [0, 0.05) is 29.8 Å². The maximum Gasteiger partial charge on any atom is 0.273 e. The second-order valence-corrected chi connectivity index (χ2v) is 9.73. The Balaban J connectivity index is 1.90. The molecule has 186 valence electrons. The SMILES string of the molecule is COc1ccc(C2C(C#N)=C(N)N(NC(=O)c3cccnc3Cl)C3=C2C(=O)CC(C)(C)C3)c(OC)c1. The molecule has 0 saturated heterocycles. The molecule has 0 spiro atoms. The van der Waals surface area contributed by atoms with E-state index in [1.54, 1.807) is 24.3 Å². The number of nitrogens with two attached hydrogens (primary N) is 1. The third-order valence-electron chi connectivity index (χ3n) is 6.35. The molecule has 0 radical (unpaired) electrons. The van der Waals surface area contributed by atoms with E-state index < -0.39 is 17.2 Å². The van der Waals surface area contributed by atoms with E-state index in [1.807, 2.05) is 13.8 Å². The number of aromatic nitrogens is 1. The minimum Gasteiger partial charge on any atom is -0.497 e. The van der Waals surface area contributed by atoms with Crippen LogP contribution in [-0.2, 0) is 4.79 Å². The Kier molecular flexibility index (Phi) is 6.65. The number of nitrogens with one attached hydrogen (secondary N) is 1. The standard InChI is InChI=1S/C26H26ClN5O4/c1-26(2)11-18-22(19(33)12-26)21(15-8-7-14(35-3)10-20(15)36-4)17(13-28)24(29)32(18)31-25(34)16-6-5-9-30-23(16)27/h5-10,21H,11-12,29H2,1-4H3,(H,31,34). The number of nitrogens with zero attached hydrogens (tertiary/aromatic N) is 3. The van der Waals surface area contributed by atoms with Crippen molar-refractivity contribution >= 4 is 23.3 Å². The number of hydrogen-bond acceptors (Lipinski definition) is 8. The highest BCUT2D eigenvalue weighted by Crippen LogP contribution is 2.50. The first-order valence-corrected chi connectivity index (χ1v) is 11.6. The average Bonchev–Trinajstić information content (AvgIpc) is 2.84. The Morgan fingerprint density at radius 3 is 2.67 bits per heavy atom. The number of allylic oxidation sites excluding steroid dienone is 3. The number of pyridine rings is 1. The zero-order valence-electron chi connectivity index (χ0n) is 20.4. The molecule has 36 heavy (non-hydrogen) atoms. The molecular weight excluding hydrogens is 482 g/mol. The molecule has 9 nitrogen and oxygen atoms in total. The lowest BCUT2D eigenvalue weighted by molar-refractivity contribution is -0.118. The van der Waals surface area contributed by atoms with Crippen LogP contribution >= 0.6 is 11.6 Å². The normalized spacial score (nSPS) is 18.9. The molecule has 1 aliphatic carbocycles. The number of halogens is 1. The fourth-order valence-corrected chi connectivity index (χ4v) is 4.93. The summed E-state index contributed by atoms with van der Waals surface area (Å²) in [6.07, 6.45) is 2.18. The highest BCUT2D eigenvalue weighted by atomic mass is 35.5. The molecule has 3 N–H and O–H groups in total. The molecule has 2 aliphatic rings. The van der Waals surface area contributed by atoms with Crippen LogP contribution in [0.5, 0.6) is 11.5 Å². The Morgan fingerprint density at radius 1 is 1.28 bits per heavy atom. The van der Waals surface area contributed by atoms with E-state index >= 15 is 0 Å². The molecule has 0 bridgehead atoms. The van der Waals surface area contributed by atoms with Crippen molar-refractivity contribution < 1.29 is 19.1 Å². The van der Waals surface area contributed by atoms with E-state index in [0.717, 1.165) is 0 Å². The number of carbonyl (C=O) groups excluding carboxylic acids is 2. The lowest BCUT2D eigenvalue weighted by atomic mass is 9.69. The van der Waals surface area contributed by atoms with Gasteiger partial charge in [0.05, 0.1) is 43.0 Å². The van der Waals surface area contributed by atoms with Gasteiger partial charge in [-0.25, -0.2) is 9.99 Å². The molecule has 1 amide bonds. The lowest BCUT2D eigenvalue weighted by Crippen LogP contribution is -2.50. The van der Waals surface area contributed by atoms with Gasteiger partial charge in [-0.2, -0.15) is 5.26 Å². The first-order chi connectivity index (χ1) is 17.1. The van der Waals surface area contributed by atoms with Crippen molar-refractivity contribution in [2.75, 3.05) is 14.2 Å². The summed E-state index contributed by atoms with van der Waals surface area (Å²) in [6, 6.07) is 10.5. The summed E-state index contributed by atoms with van der Waals surface area (Å²) in [7, 11) is 3.04. The van der Waals surface area contributed by atoms with Gasteiger partial charge >= 0.3 is 0 Å². The van der Waals surface area contributed by atoms with Crippen molar-refractivity contribution in [2.45, 2.75) is 32.6 Å². The molecule has 10 heteroatoms. The van der Waals surface area contributed by atoms with Gasteiger partial charge in [0.25, 0.3) is 5.91 Å². The second-order valence-electron chi connectivity index (χ2n) is 9.37. The van der Waals surface area contributed by atoms with E-state index in [0.29, 0.717) is 34.8 Å². The van der Waals surface area contributed by atoms with E-state index in [9.17, 15) is 14.9 Å². The number of amides is 1. The zero-order valence-corrected chi connectivity index (χ0v) is 21.1. The van der Waals surface area contributed by atoms with Crippen molar-refractivity contribution in [3.63, 3.8) is 0 Å². The fraction of sp³-hybridized carbons (Fsp3) is 0.308. The molecule has 4 rings (SSSR count). The van der Waals surface area contributed by atoms with E-state index in [-0.39, 0.29) is 34.3 Å². The summed E-state index contributed by atoms with van der Waals surface area (Å²) < 4.78 is 10.9. The Bertz CT molecular complexity index is 1360. The number of hydrogen-bond donors (Lipinski definition) is 2. The molecule has 1 unspecified atom stereocenters. The quantitative estimate of drug-likeness (QED) is 0.584. The van der Waals surface area contributed by atoms with Crippen molar-refractivity contribution in [2.24, 2.45) is 11.1 Å². The zero-order chi connectivity index (χ0) is 26.2. The first kappa shape index (κ1) is 25.1. The van der Waals surface area contributed by atoms with Crippen LogP contribution in [0.4, 0.5) is 0 Å². The predicted octanol–water partition coefficient (Wildman–Crippen LogP) is 3.83. The van der Waals surface area contributed by atoms with Crippen LogP contribution in [0.3, 0.4) is 0 Å². The molecule has 2 aromatic rings. The van der Waals surface area contributed by atoms with E-state index in [1.165, 1.54) is 31.5 Å². The van der Waals surface area contributed by atoms with Crippen LogP contribution in [0.2, 0.25) is 5.15 Å². The Morgan fingerprint density at radius 2 is 2.03 bits per heavy atom. The number of nitriles is 1. The highest BCUT2D eigenvalue weighted by Gasteiger charge is 2.45. The van der Waals surface area contributed by atoms with E-state index in [4.69, 9.17) is 26.8 Å². The molecular formula is C26H26ClN5O4. The third-order valence-corrected chi connectivity index (χ3v) is 6.65. The first-order valence-electron chi connectivity index (χ1n) is 11.2. The predicted molar refractivity (Wildman–Crippen MR) is 133 cm³/mol. The Labute approximate surface area is 214 Å². The smallest absolute Gasteiger partial charge is 0.273 e. The minimum absolute atomic E-state index is 0.0120. The monoisotopic (exact) mass is 507 g/mol. The minimum atomic E-state index is -0.774. The number of ketones is 1. The van der Waals surface area contributed by atoms with Crippen molar-refractivity contribution in [3.8, 4) is 17.6 Å². The maximum atomic E-state index is 13.6. The van der Waals surface area contributed by atoms with Gasteiger partial charge in [-0.1, -0.05) is 31.5 Å². The number of rotatable bonds is 5. The van der Waals surface area contributed by atoms with E-state index in [2.05, 4.69) is 16.5 Å². The number of benzene rings is 1. The van der Waals surface area contributed by atoms with Crippen molar-refractivity contribution in [1.29, 1.82) is 5.26 Å². The summed E-state index contributed by atoms with van der Waals surface area (Å²) in [5, 5.41) is 11.5. The summed E-state index contributed by atoms with van der Waals surface area (Å²) in [5.41, 5.74) is 10.6. The van der Waals surface area contributed by atoms with Gasteiger partial charge in [-0.3, -0.25) is 15.0 Å². The number of ether oxygens (including phenoxy) is 2. The largest absolute Gasteiger partial charge is 0.497 e. The average molecular weight is 508 g/mol. The van der Waals surface area contributed by atoms with Crippen LogP contribution in [0, 0.1) is 16.7 Å². The van der Waals surface area contributed by atoms with Gasteiger partial charge in [-0.15, -0.1) is 0 Å².